The predicted octanol–water partition coefficient (Wildman–Crippen LogP) is 10.3. The highest BCUT2D eigenvalue weighted by Gasteiger charge is 2.17. The van der Waals surface area contributed by atoms with Gasteiger partial charge in [-0.15, -0.1) is 0 Å². The molecule has 3 nitrogen and oxygen atoms in total. The molecule has 0 unspecified atom stereocenters. The molecule has 192 valence electrons. The maximum atomic E-state index is 2.32. The van der Waals surface area contributed by atoms with Gasteiger partial charge in [0.25, 0.3) is 0 Å². The molecule has 1 aromatic heterocycles. The number of hydrogen-bond donors (Lipinski definition) is 0. The van der Waals surface area contributed by atoms with E-state index in [0.717, 1.165) is 34.1 Å². The van der Waals surface area contributed by atoms with E-state index in [1.54, 1.807) is 0 Å². The number of benzene rings is 6. The van der Waals surface area contributed by atoms with Crippen molar-refractivity contribution in [3.05, 3.63) is 158 Å². The van der Waals surface area contributed by atoms with Crippen LogP contribution < -0.4 is 9.80 Å². The van der Waals surface area contributed by atoms with Crippen LogP contribution >= 0.6 is 0 Å². The van der Waals surface area contributed by atoms with Crippen molar-refractivity contribution < 1.29 is 0 Å². The van der Waals surface area contributed by atoms with Crippen LogP contribution in [0.3, 0.4) is 0 Å². The Kier molecular flexibility index (Phi) is 6.02. The van der Waals surface area contributed by atoms with Crippen LogP contribution in [0.25, 0.3) is 21.8 Å². The standard InChI is InChI=1S/C37H29N3/c1-38-36-25-23-32(39(28-14-6-2-7-15-28)29-16-8-3-9-17-29)26-35(36)34-24-22-33(27-37(34)38)40(30-18-10-4-11-19-30)31-20-12-5-13-21-31/h2-27H,1H3. The molecule has 0 bridgehead atoms. The third-order valence-corrected chi connectivity index (χ3v) is 7.55. The number of anilines is 6. The molecule has 0 N–H and O–H groups in total. The Morgan fingerprint density at radius 1 is 0.350 bits per heavy atom. The van der Waals surface area contributed by atoms with Crippen LogP contribution in [0.5, 0.6) is 0 Å². The summed E-state index contributed by atoms with van der Waals surface area (Å²) in [6, 6.07) is 55.9. The van der Waals surface area contributed by atoms with Gasteiger partial charge < -0.3 is 14.4 Å². The third-order valence-electron chi connectivity index (χ3n) is 7.55. The van der Waals surface area contributed by atoms with E-state index in [1.165, 1.54) is 21.8 Å². The monoisotopic (exact) mass is 515 g/mol. The SMILES string of the molecule is Cn1c2ccc(N(c3ccccc3)c3ccccc3)cc2c2ccc(N(c3ccccc3)c3ccccc3)cc21. The Labute approximate surface area is 234 Å². The fourth-order valence-electron chi connectivity index (χ4n) is 5.67. The first-order valence-electron chi connectivity index (χ1n) is 13.6. The van der Waals surface area contributed by atoms with Crippen LogP contribution in [0.4, 0.5) is 34.1 Å². The van der Waals surface area contributed by atoms with Crippen LogP contribution in [0.2, 0.25) is 0 Å². The molecule has 7 aromatic rings. The summed E-state index contributed by atoms with van der Waals surface area (Å²) >= 11 is 0. The fraction of sp³-hybridized carbons (Fsp3) is 0.0270. The molecule has 0 saturated heterocycles. The number of aromatic nitrogens is 1. The van der Waals surface area contributed by atoms with Gasteiger partial charge in [-0.3, -0.25) is 0 Å². The van der Waals surface area contributed by atoms with E-state index in [-0.39, 0.29) is 0 Å². The van der Waals surface area contributed by atoms with Crippen molar-refractivity contribution in [1.82, 2.24) is 4.57 Å². The largest absolute Gasteiger partial charge is 0.344 e. The number of nitrogens with zero attached hydrogens (tertiary/aromatic N) is 3. The fourth-order valence-corrected chi connectivity index (χ4v) is 5.67. The van der Waals surface area contributed by atoms with Crippen LogP contribution in [-0.4, -0.2) is 4.57 Å². The summed E-state index contributed by atoms with van der Waals surface area (Å²) in [6.45, 7) is 0. The first-order valence-corrected chi connectivity index (χ1v) is 13.6. The summed E-state index contributed by atoms with van der Waals surface area (Å²) in [5.41, 5.74) is 9.22. The van der Waals surface area contributed by atoms with Crippen molar-refractivity contribution in [2.24, 2.45) is 7.05 Å². The van der Waals surface area contributed by atoms with Crippen molar-refractivity contribution in [3.63, 3.8) is 0 Å². The Morgan fingerprint density at radius 2 is 0.750 bits per heavy atom. The summed E-state index contributed by atoms with van der Waals surface area (Å²) < 4.78 is 2.31. The van der Waals surface area contributed by atoms with Gasteiger partial charge in [0.2, 0.25) is 0 Å². The molecule has 0 spiro atoms. The van der Waals surface area contributed by atoms with E-state index in [4.69, 9.17) is 0 Å². The van der Waals surface area contributed by atoms with E-state index >= 15 is 0 Å². The van der Waals surface area contributed by atoms with Gasteiger partial charge in [-0.05, 0) is 78.9 Å². The molecule has 0 fully saturated rings. The first-order chi connectivity index (χ1) is 19.8. The quantitative estimate of drug-likeness (QED) is 0.218. The van der Waals surface area contributed by atoms with E-state index in [9.17, 15) is 0 Å². The zero-order chi connectivity index (χ0) is 26.9. The van der Waals surface area contributed by atoms with Gasteiger partial charge in [0.05, 0.1) is 5.52 Å². The molecule has 6 aromatic carbocycles. The predicted molar refractivity (Wildman–Crippen MR) is 170 cm³/mol. The maximum Gasteiger partial charge on any atom is 0.0509 e. The molecule has 0 amide bonds. The molecular formula is C37H29N3. The molecule has 7 rings (SSSR count). The highest BCUT2D eigenvalue weighted by atomic mass is 15.1. The second-order valence-electron chi connectivity index (χ2n) is 9.97. The van der Waals surface area contributed by atoms with Gasteiger partial charge in [0.1, 0.15) is 0 Å². The molecule has 0 aliphatic carbocycles. The number of fused-ring (bicyclic) bond motifs is 3. The number of para-hydroxylation sites is 4. The van der Waals surface area contributed by atoms with Gasteiger partial charge >= 0.3 is 0 Å². The van der Waals surface area contributed by atoms with Crippen LogP contribution in [0.1, 0.15) is 0 Å². The molecule has 40 heavy (non-hydrogen) atoms. The summed E-state index contributed by atoms with van der Waals surface area (Å²) in [6.07, 6.45) is 0. The summed E-state index contributed by atoms with van der Waals surface area (Å²) in [7, 11) is 2.16. The summed E-state index contributed by atoms with van der Waals surface area (Å²) in [5, 5.41) is 2.48. The second kappa shape index (κ2) is 10.1. The van der Waals surface area contributed by atoms with Gasteiger partial charge in [-0.2, -0.15) is 0 Å². The van der Waals surface area contributed by atoms with Crippen molar-refractivity contribution in [1.29, 1.82) is 0 Å². The van der Waals surface area contributed by atoms with Crippen LogP contribution in [0, 0.1) is 0 Å². The van der Waals surface area contributed by atoms with Crippen molar-refractivity contribution >= 4 is 55.9 Å². The topological polar surface area (TPSA) is 11.4 Å². The average molecular weight is 516 g/mol. The lowest BCUT2D eigenvalue weighted by Crippen LogP contribution is -2.09. The minimum Gasteiger partial charge on any atom is -0.344 e. The molecule has 0 atom stereocenters. The summed E-state index contributed by atoms with van der Waals surface area (Å²) in [5.74, 6) is 0. The van der Waals surface area contributed by atoms with Gasteiger partial charge in [0, 0.05) is 57.5 Å². The number of rotatable bonds is 6. The lowest BCUT2D eigenvalue weighted by molar-refractivity contribution is 1.01. The van der Waals surface area contributed by atoms with Crippen molar-refractivity contribution in [3.8, 4) is 0 Å². The molecule has 0 aliphatic rings. The minimum absolute atomic E-state index is 1.13. The zero-order valence-electron chi connectivity index (χ0n) is 22.4. The van der Waals surface area contributed by atoms with Gasteiger partial charge in [-0.25, -0.2) is 0 Å². The lowest BCUT2D eigenvalue weighted by atomic mass is 10.1. The third kappa shape index (κ3) is 4.18. The molecule has 3 heteroatoms. The van der Waals surface area contributed by atoms with Crippen LogP contribution in [0.15, 0.2) is 158 Å². The molecular weight excluding hydrogens is 486 g/mol. The van der Waals surface area contributed by atoms with E-state index in [2.05, 4.69) is 179 Å². The molecule has 0 saturated carbocycles. The van der Waals surface area contributed by atoms with Gasteiger partial charge in [0.15, 0.2) is 0 Å². The maximum absolute atomic E-state index is 2.32. The Bertz CT molecular complexity index is 1810. The number of hydrogen-bond acceptors (Lipinski definition) is 2. The molecule has 1 heterocycles. The lowest BCUT2D eigenvalue weighted by Gasteiger charge is -2.25. The zero-order valence-corrected chi connectivity index (χ0v) is 22.4. The highest BCUT2D eigenvalue weighted by Crippen LogP contribution is 2.41. The molecule has 0 radical (unpaired) electrons. The van der Waals surface area contributed by atoms with Crippen molar-refractivity contribution in [2.45, 2.75) is 0 Å². The average Bonchev–Trinajstić information content (AvgIpc) is 3.30. The van der Waals surface area contributed by atoms with Gasteiger partial charge in [-0.1, -0.05) is 78.9 Å². The Morgan fingerprint density at radius 3 is 1.20 bits per heavy atom. The second-order valence-corrected chi connectivity index (χ2v) is 9.97. The van der Waals surface area contributed by atoms with E-state index in [1.807, 2.05) is 0 Å². The van der Waals surface area contributed by atoms with E-state index in [0.29, 0.717) is 0 Å². The first kappa shape index (κ1) is 23.8. The number of aryl methyl sites for hydroxylation is 1. The van der Waals surface area contributed by atoms with E-state index < -0.39 is 0 Å². The normalized spacial score (nSPS) is 11.1. The Hall–Kier alpha value is -5.28. The Balaban J connectivity index is 1.39. The smallest absolute Gasteiger partial charge is 0.0509 e. The summed E-state index contributed by atoms with van der Waals surface area (Å²) in [4.78, 5) is 4.63. The highest BCUT2D eigenvalue weighted by molar-refractivity contribution is 6.10. The molecule has 0 aliphatic heterocycles. The minimum atomic E-state index is 1.13. The van der Waals surface area contributed by atoms with Crippen molar-refractivity contribution in [2.75, 3.05) is 9.80 Å². The van der Waals surface area contributed by atoms with Crippen LogP contribution in [-0.2, 0) is 7.05 Å².